The van der Waals surface area contributed by atoms with Crippen molar-refractivity contribution < 1.29 is 9.53 Å². The number of ether oxygens (including phenoxy) is 1. The number of esters is 1. The zero-order valence-electron chi connectivity index (χ0n) is 7.93. The van der Waals surface area contributed by atoms with Gasteiger partial charge < -0.3 is 4.74 Å². The summed E-state index contributed by atoms with van der Waals surface area (Å²) in [5.74, 6) is -0.354. The third-order valence-corrected chi connectivity index (χ3v) is 3.05. The van der Waals surface area contributed by atoms with Gasteiger partial charge in [-0.1, -0.05) is 47.6 Å². The van der Waals surface area contributed by atoms with E-state index in [0.29, 0.717) is 5.92 Å². The van der Waals surface area contributed by atoms with Crippen LogP contribution in [0.25, 0.3) is 0 Å². The van der Waals surface area contributed by atoms with Crippen LogP contribution < -0.4 is 0 Å². The smallest absolute Gasteiger partial charge is 0.358 e. The van der Waals surface area contributed by atoms with E-state index in [9.17, 15) is 4.79 Å². The molecule has 1 aliphatic rings. The molecule has 0 aliphatic heterocycles. The molecule has 1 aliphatic carbocycles. The molecule has 0 aromatic carbocycles. The maximum absolute atomic E-state index is 11.2. The maximum Gasteiger partial charge on any atom is 0.358 e. The van der Waals surface area contributed by atoms with Crippen LogP contribution in [-0.4, -0.2) is 15.9 Å². The van der Waals surface area contributed by atoms with Gasteiger partial charge in [0, 0.05) is 0 Å². The second-order valence-electron chi connectivity index (χ2n) is 3.65. The highest BCUT2D eigenvalue weighted by molar-refractivity contribution is 6.75. The van der Waals surface area contributed by atoms with Gasteiger partial charge in [-0.15, -0.1) is 0 Å². The summed E-state index contributed by atoms with van der Waals surface area (Å²) in [6.45, 7) is 1.85. The molecule has 0 radical (unpaired) electrons. The fourth-order valence-corrected chi connectivity index (χ4v) is 1.89. The lowest BCUT2D eigenvalue weighted by Crippen LogP contribution is -2.29. The average molecular weight is 260 g/mol. The number of halogens is 3. The molecule has 82 valence electrons. The summed E-state index contributed by atoms with van der Waals surface area (Å²) in [5.41, 5.74) is 0. The number of rotatable bonds is 2. The Balaban J connectivity index is 2.39. The number of hydrogen-bond donors (Lipinski definition) is 0. The van der Waals surface area contributed by atoms with Crippen LogP contribution in [0, 0.1) is 5.92 Å². The lowest BCUT2D eigenvalue weighted by molar-refractivity contribution is -0.149. The van der Waals surface area contributed by atoms with Gasteiger partial charge in [-0.3, -0.25) is 0 Å². The first-order valence-corrected chi connectivity index (χ1v) is 5.82. The number of carbonyl (C=O) groups excluding carboxylic acids is 1. The third kappa shape index (κ3) is 3.48. The molecule has 1 rings (SSSR count). The summed E-state index contributed by atoms with van der Waals surface area (Å²) < 4.78 is 3.11. The number of alkyl halides is 3. The molecule has 1 atom stereocenters. The minimum Gasteiger partial charge on any atom is -0.459 e. The first-order valence-electron chi connectivity index (χ1n) is 4.69. The fraction of sp³-hybridized carbons (Fsp3) is 0.889. The zero-order valence-corrected chi connectivity index (χ0v) is 10.2. The Morgan fingerprint density at radius 3 is 2.29 bits per heavy atom. The highest BCUT2D eigenvalue weighted by Crippen LogP contribution is 2.32. The van der Waals surface area contributed by atoms with E-state index in [4.69, 9.17) is 39.5 Å². The van der Waals surface area contributed by atoms with Gasteiger partial charge in [-0.05, 0) is 25.7 Å². The van der Waals surface area contributed by atoms with Crippen molar-refractivity contribution in [2.45, 2.75) is 42.5 Å². The Hall–Kier alpha value is 0.340. The lowest BCUT2D eigenvalue weighted by atomic mass is 10.0. The van der Waals surface area contributed by atoms with Crippen LogP contribution in [0.4, 0.5) is 0 Å². The van der Waals surface area contributed by atoms with E-state index in [1.807, 2.05) is 6.92 Å². The molecule has 0 heterocycles. The van der Waals surface area contributed by atoms with Crippen molar-refractivity contribution in [2.75, 3.05) is 0 Å². The normalized spacial score (nSPS) is 20.9. The van der Waals surface area contributed by atoms with Crippen LogP contribution in [0.5, 0.6) is 0 Å². The van der Waals surface area contributed by atoms with Crippen molar-refractivity contribution in [3.63, 3.8) is 0 Å². The molecule has 2 nitrogen and oxygen atoms in total. The number of hydrogen-bond acceptors (Lipinski definition) is 2. The molecule has 1 saturated carbocycles. The lowest BCUT2D eigenvalue weighted by Gasteiger charge is -2.21. The molecule has 1 unspecified atom stereocenters. The highest BCUT2D eigenvalue weighted by atomic mass is 35.6. The van der Waals surface area contributed by atoms with Gasteiger partial charge in [0.2, 0.25) is 0 Å². The molecule has 5 heteroatoms. The quantitative estimate of drug-likeness (QED) is 0.561. The van der Waals surface area contributed by atoms with Crippen molar-refractivity contribution in [1.82, 2.24) is 0 Å². The molecule has 14 heavy (non-hydrogen) atoms. The van der Waals surface area contributed by atoms with Crippen LogP contribution in [-0.2, 0) is 9.53 Å². The van der Waals surface area contributed by atoms with E-state index >= 15 is 0 Å². The Morgan fingerprint density at radius 2 is 1.86 bits per heavy atom. The summed E-state index contributed by atoms with van der Waals surface area (Å²) in [7, 11) is 0. The van der Waals surface area contributed by atoms with Crippen molar-refractivity contribution in [2.24, 2.45) is 5.92 Å². The molecule has 0 N–H and O–H groups in total. The Labute approximate surface area is 98.8 Å². The molecule has 0 saturated heterocycles. The first-order chi connectivity index (χ1) is 6.41. The van der Waals surface area contributed by atoms with Crippen molar-refractivity contribution in [3.05, 3.63) is 0 Å². The van der Waals surface area contributed by atoms with Crippen molar-refractivity contribution in [3.8, 4) is 0 Å². The van der Waals surface area contributed by atoms with Gasteiger partial charge in [0.25, 0.3) is 3.79 Å². The van der Waals surface area contributed by atoms with Crippen LogP contribution in [0.15, 0.2) is 0 Å². The second kappa shape index (κ2) is 4.91. The van der Waals surface area contributed by atoms with E-state index < -0.39 is 9.76 Å². The molecule has 1 fully saturated rings. The second-order valence-corrected chi connectivity index (χ2v) is 5.93. The van der Waals surface area contributed by atoms with Gasteiger partial charge in [0.05, 0.1) is 0 Å². The monoisotopic (exact) mass is 258 g/mol. The van der Waals surface area contributed by atoms with Gasteiger partial charge >= 0.3 is 5.97 Å². The van der Waals surface area contributed by atoms with E-state index in [-0.39, 0.29) is 6.10 Å². The van der Waals surface area contributed by atoms with Gasteiger partial charge in [0.15, 0.2) is 0 Å². The Kier molecular flexibility index (Phi) is 4.35. The summed E-state index contributed by atoms with van der Waals surface area (Å²) >= 11 is 16.2. The van der Waals surface area contributed by atoms with Crippen LogP contribution >= 0.6 is 34.8 Å². The van der Waals surface area contributed by atoms with E-state index in [2.05, 4.69) is 0 Å². The zero-order chi connectivity index (χ0) is 10.8. The maximum atomic E-state index is 11.2. The van der Waals surface area contributed by atoms with E-state index in [1.165, 1.54) is 12.8 Å². The summed E-state index contributed by atoms with van der Waals surface area (Å²) in [6, 6.07) is 0. The average Bonchev–Trinajstić information content (AvgIpc) is 2.53. The predicted molar refractivity (Wildman–Crippen MR) is 57.8 cm³/mol. The number of carbonyl (C=O) groups is 1. The SMILES string of the molecule is CC(OC(=O)C(Cl)(Cl)Cl)C1CCCC1. The van der Waals surface area contributed by atoms with E-state index in [1.54, 1.807) is 0 Å². The third-order valence-electron chi connectivity index (χ3n) is 2.59. The summed E-state index contributed by atoms with van der Waals surface area (Å²) in [6.07, 6.45) is 4.42. The molecule has 0 bridgehead atoms. The molecule has 0 aromatic heterocycles. The Bertz CT molecular complexity index is 207. The fourth-order valence-electron chi connectivity index (χ4n) is 1.76. The Morgan fingerprint density at radius 1 is 1.36 bits per heavy atom. The minimum atomic E-state index is -1.95. The first kappa shape index (κ1) is 12.4. The van der Waals surface area contributed by atoms with Crippen molar-refractivity contribution >= 4 is 40.8 Å². The highest BCUT2D eigenvalue weighted by Gasteiger charge is 2.35. The van der Waals surface area contributed by atoms with Gasteiger partial charge in [0.1, 0.15) is 6.10 Å². The van der Waals surface area contributed by atoms with Gasteiger partial charge in [-0.2, -0.15) is 0 Å². The topological polar surface area (TPSA) is 26.3 Å². The molecular weight excluding hydrogens is 246 g/mol. The van der Waals surface area contributed by atoms with Crippen molar-refractivity contribution in [1.29, 1.82) is 0 Å². The van der Waals surface area contributed by atoms with Crippen LogP contribution in [0.2, 0.25) is 0 Å². The van der Waals surface area contributed by atoms with Gasteiger partial charge in [-0.25, -0.2) is 4.79 Å². The molecule has 0 aromatic rings. The standard InChI is InChI=1S/C9H13Cl3O2/c1-6(7-4-2-3-5-7)14-8(13)9(10,11)12/h6-7H,2-5H2,1H3. The van der Waals surface area contributed by atoms with Crippen LogP contribution in [0.3, 0.4) is 0 Å². The minimum absolute atomic E-state index is 0.152. The molecule has 0 spiro atoms. The van der Waals surface area contributed by atoms with E-state index in [0.717, 1.165) is 12.8 Å². The summed E-state index contributed by atoms with van der Waals surface area (Å²) in [4.78, 5) is 11.2. The predicted octanol–water partition coefficient (Wildman–Crippen LogP) is 3.48. The molecular formula is C9H13Cl3O2. The molecule has 0 amide bonds. The summed E-state index contributed by atoms with van der Waals surface area (Å²) in [5, 5.41) is 0. The van der Waals surface area contributed by atoms with Crippen LogP contribution in [0.1, 0.15) is 32.6 Å². The largest absolute Gasteiger partial charge is 0.459 e.